The number of nitrogens with one attached hydrogen (secondary N) is 1. The molecule has 0 radical (unpaired) electrons. The molecule has 0 unspecified atom stereocenters. The van der Waals surface area contributed by atoms with Crippen LogP contribution < -0.4 is 9.46 Å². The maximum atomic E-state index is 11.5. The molecule has 7 heteroatoms. The molecule has 0 bridgehead atoms. The molecule has 94 valence electrons. The normalized spacial score (nSPS) is 11.2. The first kappa shape index (κ1) is 13.5. The molecule has 0 aliphatic carbocycles. The molecule has 0 atom stereocenters. The van der Waals surface area contributed by atoms with Crippen molar-refractivity contribution in [1.82, 2.24) is 4.72 Å². The Morgan fingerprint density at radius 1 is 1.47 bits per heavy atom. The largest absolute Gasteiger partial charge is 0.482 e. The smallest absolute Gasteiger partial charge is 0.341 e. The molecule has 1 aromatic carbocycles. The molecular weight excluding hydrogens is 246 g/mol. The van der Waals surface area contributed by atoms with Crippen molar-refractivity contribution in [2.45, 2.75) is 11.8 Å². The van der Waals surface area contributed by atoms with Gasteiger partial charge >= 0.3 is 5.97 Å². The molecule has 0 heterocycles. The SMILES string of the molecule is CNS(=O)(=O)c1ccc(OCC(=O)O)c(C)c1. The number of aryl methyl sites for hydroxylation is 1. The Kier molecular flexibility index (Phi) is 4.08. The minimum Gasteiger partial charge on any atom is -0.482 e. The predicted octanol–water partition coefficient (Wildman–Crippen LogP) is 0.367. The highest BCUT2D eigenvalue weighted by Crippen LogP contribution is 2.21. The molecule has 0 saturated heterocycles. The summed E-state index contributed by atoms with van der Waals surface area (Å²) >= 11 is 0. The maximum absolute atomic E-state index is 11.5. The number of sulfonamides is 1. The van der Waals surface area contributed by atoms with E-state index in [0.717, 1.165) is 0 Å². The van der Waals surface area contributed by atoms with Gasteiger partial charge < -0.3 is 9.84 Å². The second-order valence-corrected chi connectivity index (χ2v) is 5.20. The van der Waals surface area contributed by atoms with Gasteiger partial charge in [-0.05, 0) is 37.7 Å². The zero-order chi connectivity index (χ0) is 13.1. The van der Waals surface area contributed by atoms with Crippen LogP contribution in [-0.2, 0) is 14.8 Å². The van der Waals surface area contributed by atoms with Gasteiger partial charge in [-0.15, -0.1) is 0 Å². The van der Waals surface area contributed by atoms with Gasteiger partial charge in [0.15, 0.2) is 6.61 Å². The summed E-state index contributed by atoms with van der Waals surface area (Å²) in [5.74, 6) is -0.737. The Morgan fingerprint density at radius 3 is 2.59 bits per heavy atom. The fraction of sp³-hybridized carbons (Fsp3) is 0.300. The standard InChI is InChI=1S/C10H13NO5S/c1-7-5-8(17(14,15)11-2)3-4-9(7)16-6-10(12)13/h3-5,11H,6H2,1-2H3,(H,12,13). The molecule has 0 aromatic heterocycles. The molecule has 17 heavy (non-hydrogen) atoms. The van der Waals surface area contributed by atoms with E-state index in [4.69, 9.17) is 9.84 Å². The van der Waals surface area contributed by atoms with Crippen LogP contribution in [0.15, 0.2) is 23.1 Å². The number of carbonyl (C=O) groups is 1. The number of benzene rings is 1. The van der Waals surface area contributed by atoms with Crippen LogP contribution in [0.3, 0.4) is 0 Å². The number of aliphatic carboxylic acids is 1. The van der Waals surface area contributed by atoms with E-state index in [0.29, 0.717) is 11.3 Å². The van der Waals surface area contributed by atoms with Gasteiger partial charge in [-0.1, -0.05) is 0 Å². The van der Waals surface area contributed by atoms with Crippen LogP contribution in [0.1, 0.15) is 5.56 Å². The summed E-state index contributed by atoms with van der Waals surface area (Å²) in [7, 11) is -2.17. The van der Waals surface area contributed by atoms with Crippen LogP contribution in [0.25, 0.3) is 0 Å². The van der Waals surface area contributed by atoms with Gasteiger partial charge in [-0.25, -0.2) is 17.9 Å². The van der Waals surface area contributed by atoms with E-state index in [1.807, 2.05) is 0 Å². The summed E-state index contributed by atoms with van der Waals surface area (Å²) in [5, 5.41) is 8.46. The Labute approximate surface area is 99.3 Å². The lowest BCUT2D eigenvalue weighted by molar-refractivity contribution is -0.139. The molecule has 0 aliphatic heterocycles. The molecule has 0 saturated carbocycles. The van der Waals surface area contributed by atoms with Crippen LogP contribution in [0.4, 0.5) is 0 Å². The van der Waals surface area contributed by atoms with Gasteiger partial charge in [0.1, 0.15) is 5.75 Å². The summed E-state index contributed by atoms with van der Waals surface area (Å²) in [6.45, 7) is 1.19. The van der Waals surface area contributed by atoms with Crippen molar-refractivity contribution in [2.75, 3.05) is 13.7 Å². The molecule has 1 aromatic rings. The van der Waals surface area contributed by atoms with Gasteiger partial charge in [-0.2, -0.15) is 0 Å². The van der Waals surface area contributed by atoms with Crippen LogP contribution >= 0.6 is 0 Å². The second kappa shape index (κ2) is 5.15. The zero-order valence-electron chi connectivity index (χ0n) is 9.43. The summed E-state index contributed by atoms with van der Waals surface area (Å²) in [4.78, 5) is 10.4. The molecule has 0 aliphatic rings. The first-order valence-electron chi connectivity index (χ1n) is 4.75. The lowest BCUT2D eigenvalue weighted by atomic mass is 10.2. The number of hydrogen-bond acceptors (Lipinski definition) is 4. The predicted molar refractivity (Wildman–Crippen MR) is 60.6 cm³/mol. The van der Waals surface area contributed by atoms with Gasteiger partial charge in [0.25, 0.3) is 0 Å². The van der Waals surface area contributed by atoms with Crippen LogP contribution in [0.5, 0.6) is 5.75 Å². The van der Waals surface area contributed by atoms with Crippen LogP contribution in [0.2, 0.25) is 0 Å². The molecule has 0 spiro atoms. The average Bonchev–Trinajstić information content (AvgIpc) is 2.27. The molecule has 0 amide bonds. The third-order valence-electron chi connectivity index (χ3n) is 2.08. The summed E-state index contributed by atoms with van der Waals surface area (Å²) in [5.41, 5.74) is 0.558. The van der Waals surface area contributed by atoms with E-state index < -0.39 is 22.6 Å². The lowest BCUT2D eigenvalue weighted by Gasteiger charge is -2.09. The third-order valence-corrected chi connectivity index (χ3v) is 3.49. The highest BCUT2D eigenvalue weighted by molar-refractivity contribution is 7.89. The monoisotopic (exact) mass is 259 g/mol. The van der Waals surface area contributed by atoms with Crippen molar-refractivity contribution in [2.24, 2.45) is 0 Å². The Balaban J connectivity index is 2.98. The van der Waals surface area contributed by atoms with E-state index in [1.165, 1.54) is 25.2 Å². The van der Waals surface area contributed by atoms with Gasteiger partial charge in [0.2, 0.25) is 10.0 Å². The number of carboxylic acids is 1. The summed E-state index contributed by atoms with van der Waals surface area (Å²) < 4.78 is 30.1. The first-order chi connectivity index (χ1) is 7.86. The molecule has 0 fully saturated rings. The first-order valence-corrected chi connectivity index (χ1v) is 6.24. The highest BCUT2D eigenvalue weighted by Gasteiger charge is 2.13. The Bertz CT molecular complexity index is 523. The van der Waals surface area contributed by atoms with Crippen molar-refractivity contribution >= 4 is 16.0 Å². The fourth-order valence-corrected chi connectivity index (χ4v) is 2.02. The molecule has 2 N–H and O–H groups in total. The van der Waals surface area contributed by atoms with Crippen LogP contribution in [-0.4, -0.2) is 33.1 Å². The average molecular weight is 259 g/mol. The van der Waals surface area contributed by atoms with E-state index in [1.54, 1.807) is 6.92 Å². The summed E-state index contributed by atoms with van der Waals surface area (Å²) in [6.07, 6.45) is 0. The summed E-state index contributed by atoms with van der Waals surface area (Å²) in [6, 6.07) is 4.21. The van der Waals surface area contributed by atoms with Gasteiger partial charge in [-0.3, -0.25) is 0 Å². The van der Waals surface area contributed by atoms with Crippen LogP contribution in [0, 0.1) is 6.92 Å². The number of rotatable bonds is 5. The minimum atomic E-state index is -3.49. The highest BCUT2D eigenvalue weighted by atomic mass is 32.2. The van der Waals surface area contributed by atoms with E-state index >= 15 is 0 Å². The third kappa shape index (κ3) is 3.43. The van der Waals surface area contributed by atoms with E-state index in [9.17, 15) is 13.2 Å². The van der Waals surface area contributed by atoms with Gasteiger partial charge in [0, 0.05) is 0 Å². The van der Waals surface area contributed by atoms with Gasteiger partial charge in [0.05, 0.1) is 4.90 Å². The zero-order valence-corrected chi connectivity index (χ0v) is 10.2. The number of ether oxygens (including phenoxy) is 1. The fourth-order valence-electron chi connectivity index (χ4n) is 1.21. The van der Waals surface area contributed by atoms with Crippen molar-refractivity contribution in [3.8, 4) is 5.75 Å². The molecule has 1 rings (SSSR count). The second-order valence-electron chi connectivity index (χ2n) is 3.32. The number of hydrogen-bond donors (Lipinski definition) is 2. The van der Waals surface area contributed by atoms with Crippen molar-refractivity contribution in [3.05, 3.63) is 23.8 Å². The topological polar surface area (TPSA) is 92.7 Å². The Hall–Kier alpha value is -1.60. The maximum Gasteiger partial charge on any atom is 0.341 e. The van der Waals surface area contributed by atoms with E-state index in [-0.39, 0.29) is 4.90 Å². The molecular formula is C10H13NO5S. The lowest BCUT2D eigenvalue weighted by Crippen LogP contribution is -2.18. The van der Waals surface area contributed by atoms with E-state index in [2.05, 4.69) is 4.72 Å². The van der Waals surface area contributed by atoms with Crippen molar-refractivity contribution < 1.29 is 23.1 Å². The number of carboxylic acid groups (broad SMARTS) is 1. The van der Waals surface area contributed by atoms with Crippen molar-refractivity contribution in [3.63, 3.8) is 0 Å². The van der Waals surface area contributed by atoms with Crippen molar-refractivity contribution in [1.29, 1.82) is 0 Å². The molecule has 6 nitrogen and oxygen atoms in total. The minimum absolute atomic E-state index is 0.111. The quantitative estimate of drug-likeness (QED) is 0.796. The Morgan fingerprint density at radius 2 is 2.12 bits per heavy atom.